The molecule has 1 aliphatic carbocycles. The van der Waals surface area contributed by atoms with E-state index in [1.54, 1.807) is 6.33 Å². The van der Waals surface area contributed by atoms with E-state index in [-0.39, 0.29) is 11.7 Å². The molecule has 0 N–H and O–H groups in total. The Balaban J connectivity index is 0.00000109. The fraction of sp³-hybridized carbons (Fsp3) is 0.500. The van der Waals surface area contributed by atoms with Crippen molar-refractivity contribution in [3.8, 4) is 5.69 Å². The van der Waals surface area contributed by atoms with Crippen LogP contribution >= 0.6 is 11.8 Å². The maximum atomic E-state index is 11.4. The van der Waals surface area contributed by atoms with Crippen LogP contribution in [-0.2, 0) is 9.53 Å². The van der Waals surface area contributed by atoms with Crippen molar-refractivity contribution in [2.75, 3.05) is 12.9 Å². The molecule has 0 bridgehead atoms. The van der Waals surface area contributed by atoms with Crippen molar-refractivity contribution >= 4 is 28.5 Å². The molecule has 1 aliphatic rings. The summed E-state index contributed by atoms with van der Waals surface area (Å²) in [6.45, 7) is 16.0. The number of hydrogen-bond acceptors (Lipinski definition) is 5. The van der Waals surface area contributed by atoms with E-state index in [0.29, 0.717) is 11.1 Å². The van der Waals surface area contributed by atoms with Gasteiger partial charge in [0.05, 0.1) is 18.6 Å². The van der Waals surface area contributed by atoms with Crippen molar-refractivity contribution in [1.29, 1.82) is 0 Å². The number of benzene rings is 2. The van der Waals surface area contributed by atoms with Gasteiger partial charge in [0.1, 0.15) is 6.33 Å². The predicted octanol–water partition coefficient (Wildman–Crippen LogP) is 7.67. The minimum absolute atomic E-state index is 0.216. The summed E-state index contributed by atoms with van der Waals surface area (Å²) in [5, 5.41) is 11.3. The molecule has 6 heteroatoms. The molecule has 1 aromatic heterocycles. The van der Waals surface area contributed by atoms with Gasteiger partial charge in [-0.2, -0.15) is 0 Å². The Morgan fingerprint density at radius 1 is 0.969 bits per heavy atom. The number of methoxy groups -OCH3 is 1. The lowest BCUT2D eigenvalue weighted by Gasteiger charge is -2.12. The number of ether oxygens (including phenoxy) is 1. The van der Waals surface area contributed by atoms with E-state index in [9.17, 15) is 4.79 Å². The highest BCUT2D eigenvalue weighted by molar-refractivity contribution is 7.99. The average molecular weight is 460 g/mol. The maximum Gasteiger partial charge on any atom is 0.316 e. The van der Waals surface area contributed by atoms with Gasteiger partial charge in [0, 0.05) is 5.39 Å². The summed E-state index contributed by atoms with van der Waals surface area (Å²) in [6, 6.07) is 12.8. The number of esters is 1. The van der Waals surface area contributed by atoms with Crippen LogP contribution in [0.1, 0.15) is 79.7 Å². The monoisotopic (exact) mass is 459 g/mol. The number of carbonyl (C=O) groups excluding carboxylic acids is 1. The zero-order valence-electron chi connectivity index (χ0n) is 21.3. The van der Waals surface area contributed by atoms with Gasteiger partial charge >= 0.3 is 5.97 Å². The molecule has 1 heterocycles. The van der Waals surface area contributed by atoms with E-state index in [4.69, 9.17) is 4.74 Å². The van der Waals surface area contributed by atoms with Crippen LogP contribution in [0.2, 0.25) is 0 Å². The van der Waals surface area contributed by atoms with Gasteiger partial charge in [0.25, 0.3) is 0 Å². The molecule has 4 rings (SSSR count). The van der Waals surface area contributed by atoms with Crippen LogP contribution in [0.25, 0.3) is 16.5 Å². The first-order valence-electron chi connectivity index (χ1n) is 11.9. The molecular weight excluding hydrogens is 418 g/mol. The molecule has 1 fully saturated rings. The summed E-state index contributed by atoms with van der Waals surface area (Å²) < 4.78 is 6.63. The quantitative estimate of drug-likeness (QED) is 0.289. The molecule has 32 heavy (non-hydrogen) atoms. The number of thioether (sulfide) groups is 1. The molecule has 0 unspecified atom stereocenters. The molecule has 0 saturated heterocycles. The first kappa shape index (κ1) is 29.7. The second-order valence-electron chi connectivity index (χ2n) is 5.84. The van der Waals surface area contributed by atoms with Gasteiger partial charge in [-0.3, -0.25) is 9.36 Å². The molecular formula is C26H41N3O2S. The Hall–Kier alpha value is -2.34. The molecule has 0 aliphatic heterocycles. The third-order valence-electron chi connectivity index (χ3n) is 4.27. The highest BCUT2D eigenvalue weighted by atomic mass is 32.2. The number of hydrogen-bond donors (Lipinski definition) is 0. The Labute approximate surface area is 199 Å². The summed E-state index contributed by atoms with van der Waals surface area (Å²) >= 11 is 1.33. The Bertz CT molecular complexity index is 905. The van der Waals surface area contributed by atoms with E-state index >= 15 is 0 Å². The van der Waals surface area contributed by atoms with Crippen LogP contribution in [0.4, 0.5) is 0 Å². The van der Waals surface area contributed by atoms with Crippen LogP contribution in [0, 0.1) is 0 Å². The molecule has 178 valence electrons. The van der Waals surface area contributed by atoms with Gasteiger partial charge < -0.3 is 4.74 Å². The van der Waals surface area contributed by atoms with Crippen molar-refractivity contribution in [2.45, 2.75) is 79.3 Å². The van der Waals surface area contributed by atoms with Crippen molar-refractivity contribution in [1.82, 2.24) is 14.8 Å². The predicted molar refractivity (Wildman–Crippen MR) is 139 cm³/mol. The van der Waals surface area contributed by atoms with Crippen molar-refractivity contribution in [3.63, 3.8) is 0 Å². The minimum atomic E-state index is -0.275. The lowest BCUT2D eigenvalue weighted by molar-refractivity contribution is -0.137. The van der Waals surface area contributed by atoms with Gasteiger partial charge in [0.15, 0.2) is 5.16 Å². The van der Waals surface area contributed by atoms with Crippen LogP contribution in [0.5, 0.6) is 0 Å². The maximum absolute atomic E-state index is 11.4. The highest BCUT2D eigenvalue weighted by Crippen LogP contribution is 2.44. The Morgan fingerprint density at radius 2 is 1.56 bits per heavy atom. The zero-order valence-corrected chi connectivity index (χ0v) is 22.1. The smallest absolute Gasteiger partial charge is 0.316 e. The van der Waals surface area contributed by atoms with Crippen LogP contribution in [0.3, 0.4) is 0 Å². The molecule has 0 radical (unpaired) electrons. The van der Waals surface area contributed by atoms with E-state index in [2.05, 4.69) is 40.5 Å². The van der Waals surface area contributed by atoms with Crippen molar-refractivity contribution in [2.24, 2.45) is 0 Å². The first-order valence-corrected chi connectivity index (χ1v) is 12.9. The SMILES string of the molecule is CC.CC.CC.CC.COC(=O)CSc1nncn1-c1ccc(C2CC2)c2ccccc12. The lowest BCUT2D eigenvalue weighted by Crippen LogP contribution is -2.05. The molecule has 1 saturated carbocycles. The summed E-state index contributed by atoms with van der Waals surface area (Å²) in [7, 11) is 1.39. The van der Waals surface area contributed by atoms with E-state index in [0.717, 1.165) is 5.69 Å². The van der Waals surface area contributed by atoms with Gasteiger partial charge in [-0.05, 0) is 35.8 Å². The minimum Gasteiger partial charge on any atom is -0.468 e. The normalized spacial score (nSPS) is 11.3. The molecule has 0 amide bonds. The largest absolute Gasteiger partial charge is 0.468 e. The third-order valence-corrected chi connectivity index (χ3v) is 5.19. The molecule has 5 nitrogen and oxygen atoms in total. The number of aromatic nitrogens is 3. The number of carbonyl (C=O) groups is 1. The zero-order chi connectivity index (χ0) is 24.5. The second-order valence-corrected chi connectivity index (χ2v) is 6.78. The average Bonchev–Trinajstić information content (AvgIpc) is 3.64. The van der Waals surface area contributed by atoms with Crippen molar-refractivity contribution in [3.05, 3.63) is 48.3 Å². The topological polar surface area (TPSA) is 57.0 Å². The Kier molecular flexibility index (Phi) is 16.0. The van der Waals surface area contributed by atoms with Crippen LogP contribution in [-0.4, -0.2) is 33.6 Å². The summed E-state index contributed by atoms with van der Waals surface area (Å²) in [5.74, 6) is 0.634. The van der Waals surface area contributed by atoms with Crippen molar-refractivity contribution < 1.29 is 9.53 Å². The lowest BCUT2D eigenvalue weighted by atomic mass is 9.99. The van der Waals surface area contributed by atoms with E-state index in [1.807, 2.05) is 66.0 Å². The first-order chi connectivity index (χ1) is 15.8. The second kappa shape index (κ2) is 17.2. The number of rotatable bonds is 5. The Morgan fingerprint density at radius 3 is 2.12 bits per heavy atom. The molecule has 0 spiro atoms. The van der Waals surface area contributed by atoms with Gasteiger partial charge in [-0.1, -0.05) is 97.5 Å². The van der Waals surface area contributed by atoms with Gasteiger partial charge in [0.2, 0.25) is 0 Å². The molecule has 3 aromatic rings. The summed E-state index contributed by atoms with van der Waals surface area (Å²) in [6.07, 6.45) is 4.24. The molecule has 2 aromatic carbocycles. The standard InChI is InChI=1S/C18H17N3O2S.4C2H6/c1-23-17(22)10-24-18-20-19-11-21(18)16-9-8-13(12-6-7-12)14-4-2-3-5-15(14)16;4*1-2/h2-5,8-9,11-12H,6-7,10H2,1H3;4*1-2H3. The van der Waals surface area contributed by atoms with E-state index in [1.165, 1.54) is 48.0 Å². The molecule has 0 atom stereocenters. The summed E-state index contributed by atoms with van der Waals surface area (Å²) in [4.78, 5) is 11.4. The van der Waals surface area contributed by atoms with E-state index < -0.39 is 0 Å². The summed E-state index contributed by atoms with van der Waals surface area (Å²) in [5.41, 5.74) is 2.46. The van der Waals surface area contributed by atoms with Gasteiger partial charge in [-0.15, -0.1) is 10.2 Å². The number of fused-ring (bicyclic) bond motifs is 1. The van der Waals surface area contributed by atoms with Crippen LogP contribution in [0.15, 0.2) is 47.9 Å². The van der Waals surface area contributed by atoms with Gasteiger partial charge in [-0.25, -0.2) is 0 Å². The fourth-order valence-corrected chi connectivity index (χ4v) is 3.69. The fourth-order valence-electron chi connectivity index (χ4n) is 2.94. The van der Waals surface area contributed by atoms with Crippen LogP contribution < -0.4 is 0 Å². The number of nitrogens with zero attached hydrogens (tertiary/aromatic N) is 3. The third kappa shape index (κ3) is 7.97. The highest BCUT2D eigenvalue weighted by Gasteiger charge is 2.26.